The minimum Gasteiger partial charge on any atom is -0.352 e. The summed E-state index contributed by atoms with van der Waals surface area (Å²) < 4.78 is 1.63. The second-order valence-corrected chi connectivity index (χ2v) is 4.31. The van der Waals surface area contributed by atoms with Gasteiger partial charge in [-0.25, -0.2) is 0 Å². The Hall–Kier alpha value is -1.36. The normalized spacial score (nSPS) is 19.9. The van der Waals surface area contributed by atoms with E-state index in [2.05, 4.69) is 15.7 Å². The van der Waals surface area contributed by atoms with Crippen molar-refractivity contribution in [3.8, 4) is 0 Å². The van der Waals surface area contributed by atoms with Gasteiger partial charge in [0.15, 0.2) is 0 Å². The van der Waals surface area contributed by atoms with E-state index in [1.807, 2.05) is 0 Å². The Morgan fingerprint density at radius 2 is 2.62 bits per heavy atom. The van der Waals surface area contributed by atoms with Gasteiger partial charge in [0.25, 0.3) is 5.91 Å². The van der Waals surface area contributed by atoms with Crippen LogP contribution in [-0.4, -0.2) is 35.3 Å². The first-order chi connectivity index (χ1) is 7.75. The van der Waals surface area contributed by atoms with Crippen LogP contribution >= 0.6 is 0 Å². The zero-order valence-corrected chi connectivity index (χ0v) is 9.57. The van der Waals surface area contributed by atoms with Crippen LogP contribution in [0.25, 0.3) is 0 Å². The Balaban J connectivity index is 1.71. The Morgan fingerprint density at radius 1 is 1.75 bits per heavy atom. The van der Waals surface area contributed by atoms with Crippen molar-refractivity contribution in [3.63, 3.8) is 0 Å². The minimum atomic E-state index is -0.0287. The number of aromatic nitrogens is 2. The van der Waals surface area contributed by atoms with Gasteiger partial charge >= 0.3 is 0 Å². The molecule has 0 spiro atoms. The summed E-state index contributed by atoms with van der Waals surface area (Å²) in [4.78, 5) is 11.7. The Kier molecular flexibility index (Phi) is 3.56. The van der Waals surface area contributed by atoms with Crippen LogP contribution < -0.4 is 10.6 Å². The van der Waals surface area contributed by atoms with E-state index in [4.69, 9.17) is 0 Å². The monoisotopic (exact) mass is 222 g/mol. The fraction of sp³-hybridized carbons (Fsp3) is 0.636. The summed E-state index contributed by atoms with van der Waals surface area (Å²) >= 11 is 0. The summed E-state index contributed by atoms with van der Waals surface area (Å²) in [7, 11) is 1.81. The molecule has 16 heavy (non-hydrogen) atoms. The molecule has 1 fully saturated rings. The molecule has 0 unspecified atom stereocenters. The second kappa shape index (κ2) is 5.12. The Bertz CT molecular complexity index is 355. The lowest BCUT2D eigenvalue weighted by molar-refractivity contribution is 0.0951. The van der Waals surface area contributed by atoms with Crippen LogP contribution in [0.5, 0.6) is 0 Å². The predicted octanol–water partition coefficient (Wildman–Crippen LogP) is 0.150. The van der Waals surface area contributed by atoms with Crippen molar-refractivity contribution in [2.45, 2.75) is 12.8 Å². The summed E-state index contributed by atoms with van der Waals surface area (Å²) in [6.07, 6.45) is 5.60. The van der Waals surface area contributed by atoms with Gasteiger partial charge in [-0.15, -0.1) is 0 Å². The fourth-order valence-corrected chi connectivity index (χ4v) is 1.99. The maximum Gasteiger partial charge on any atom is 0.254 e. The number of hydrogen-bond acceptors (Lipinski definition) is 3. The SMILES string of the molecule is Cn1cc(C(=O)NCC[C@H]2CCNC2)cn1. The molecule has 0 saturated carbocycles. The third-order valence-corrected chi connectivity index (χ3v) is 2.97. The highest BCUT2D eigenvalue weighted by Crippen LogP contribution is 2.10. The number of rotatable bonds is 4. The second-order valence-electron chi connectivity index (χ2n) is 4.31. The third kappa shape index (κ3) is 2.82. The summed E-state index contributed by atoms with van der Waals surface area (Å²) in [5.41, 5.74) is 0.632. The van der Waals surface area contributed by atoms with Gasteiger partial charge in [0.2, 0.25) is 0 Å². The van der Waals surface area contributed by atoms with Crippen LogP contribution in [-0.2, 0) is 7.05 Å². The first-order valence-corrected chi connectivity index (χ1v) is 5.73. The number of hydrogen-bond donors (Lipinski definition) is 2. The van der Waals surface area contributed by atoms with Gasteiger partial charge in [-0.05, 0) is 31.8 Å². The van der Waals surface area contributed by atoms with Crippen LogP contribution in [0.2, 0.25) is 0 Å². The molecular weight excluding hydrogens is 204 g/mol. The van der Waals surface area contributed by atoms with Gasteiger partial charge in [0.1, 0.15) is 0 Å². The van der Waals surface area contributed by atoms with E-state index in [-0.39, 0.29) is 5.91 Å². The highest BCUT2D eigenvalue weighted by molar-refractivity contribution is 5.93. The van der Waals surface area contributed by atoms with E-state index in [0.29, 0.717) is 11.5 Å². The van der Waals surface area contributed by atoms with E-state index in [1.54, 1.807) is 24.1 Å². The lowest BCUT2D eigenvalue weighted by Crippen LogP contribution is -2.26. The van der Waals surface area contributed by atoms with Gasteiger partial charge < -0.3 is 10.6 Å². The van der Waals surface area contributed by atoms with Crippen molar-refractivity contribution in [1.29, 1.82) is 0 Å². The lowest BCUT2D eigenvalue weighted by atomic mass is 10.1. The van der Waals surface area contributed by atoms with Crippen LogP contribution in [0.3, 0.4) is 0 Å². The number of carbonyl (C=O) groups excluding carboxylic acids is 1. The molecule has 0 aliphatic carbocycles. The van der Waals surface area contributed by atoms with E-state index < -0.39 is 0 Å². The van der Waals surface area contributed by atoms with Crippen LogP contribution in [0.1, 0.15) is 23.2 Å². The van der Waals surface area contributed by atoms with Gasteiger partial charge in [0.05, 0.1) is 11.8 Å². The number of aryl methyl sites for hydroxylation is 1. The molecule has 1 saturated heterocycles. The zero-order valence-electron chi connectivity index (χ0n) is 9.57. The van der Waals surface area contributed by atoms with Crippen molar-refractivity contribution in [2.75, 3.05) is 19.6 Å². The van der Waals surface area contributed by atoms with Crippen LogP contribution in [0, 0.1) is 5.92 Å². The highest BCUT2D eigenvalue weighted by Gasteiger charge is 2.14. The smallest absolute Gasteiger partial charge is 0.254 e. The summed E-state index contributed by atoms with van der Waals surface area (Å²) in [6.45, 7) is 2.95. The zero-order chi connectivity index (χ0) is 11.4. The minimum absolute atomic E-state index is 0.0287. The van der Waals surface area contributed by atoms with Gasteiger partial charge in [-0.2, -0.15) is 5.10 Å². The molecule has 0 radical (unpaired) electrons. The van der Waals surface area contributed by atoms with E-state index in [1.165, 1.54) is 6.42 Å². The van der Waals surface area contributed by atoms with E-state index >= 15 is 0 Å². The van der Waals surface area contributed by atoms with E-state index in [9.17, 15) is 4.79 Å². The highest BCUT2D eigenvalue weighted by atomic mass is 16.1. The predicted molar refractivity (Wildman–Crippen MR) is 61.1 cm³/mol. The molecule has 2 N–H and O–H groups in total. The maximum absolute atomic E-state index is 11.7. The molecule has 5 heteroatoms. The van der Waals surface area contributed by atoms with Crippen molar-refractivity contribution in [3.05, 3.63) is 18.0 Å². The van der Waals surface area contributed by atoms with Crippen LogP contribution in [0.4, 0.5) is 0 Å². The lowest BCUT2D eigenvalue weighted by Gasteiger charge is -2.08. The molecule has 1 atom stereocenters. The fourth-order valence-electron chi connectivity index (χ4n) is 1.99. The Morgan fingerprint density at radius 3 is 3.25 bits per heavy atom. The number of amides is 1. The third-order valence-electron chi connectivity index (χ3n) is 2.97. The molecule has 1 amide bonds. The van der Waals surface area contributed by atoms with E-state index in [0.717, 1.165) is 26.1 Å². The average Bonchev–Trinajstić information content (AvgIpc) is 2.89. The first kappa shape index (κ1) is 11.1. The average molecular weight is 222 g/mol. The van der Waals surface area contributed by atoms with Crippen molar-refractivity contribution in [2.24, 2.45) is 13.0 Å². The summed E-state index contributed by atoms with van der Waals surface area (Å²) in [5, 5.41) is 10.2. The van der Waals surface area contributed by atoms with Crippen LogP contribution in [0.15, 0.2) is 12.4 Å². The molecule has 1 aliphatic heterocycles. The molecule has 0 aromatic carbocycles. The quantitative estimate of drug-likeness (QED) is 0.762. The van der Waals surface area contributed by atoms with Gasteiger partial charge in [0, 0.05) is 19.8 Å². The molecule has 1 aliphatic rings. The maximum atomic E-state index is 11.7. The number of nitrogens with one attached hydrogen (secondary N) is 2. The largest absolute Gasteiger partial charge is 0.352 e. The number of nitrogens with zero attached hydrogens (tertiary/aromatic N) is 2. The van der Waals surface area contributed by atoms with Crippen molar-refractivity contribution in [1.82, 2.24) is 20.4 Å². The molecule has 2 heterocycles. The molecule has 2 rings (SSSR count). The standard InChI is InChI=1S/C11H18N4O/c1-15-8-10(7-14-15)11(16)13-5-3-9-2-4-12-6-9/h7-9,12H,2-6H2,1H3,(H,13,16)/t9-/m1/s1. The van der Waals surface area contributed by atoms with Gasteiger partial charge in [-0.1, -0.05) is 0 Å². The molecular formula is C11H18N4O. The molecule has 5 nitrogen and oxygen atoms in total. The van der Waals surface area contributed by atoms with Gasteiger partial charge in [-0.3, -0.25) is 9.48 Å². The topological polar surface area (TPSA) is 59.0 Å². The number of carbonyl (C=O) groups is 1. The molecule has 88 valence electrons. The molecule has 1 aromatic heterocycles. The summed E-state index contributed by atoms with van der Waals surface area (Å²) in [5.74, 6) is 0.688. The first-order valence-electron chi connectivity index (χ1n) is 5.73. The molecule has 1 aromatic rings. The van der Waals surface area contributed by atoms with Crippen molar-refractivity contribution < 1.29 is 4.79 Å². The van der Waals surface area contributed by atoms with Crippen molar-refractivity contribution >= 4 is 5.91 Å². The Labute approximate surface area is 95.2 Å². The summed E-state index contributed by atoms with van der Waals surface area (Å²) in [6, 6.07) is 0. The molecule has 0 bridgehead atoms.